The molecule has 1 saturated heterocycles. The number of hydrogen-bond donors (Lipinski definition) is 0. The Kier molecular flexibility index (Phi) is 3.74. The second kappa shape index (κ2) is 5.69. The third kappa shape index (κ3) is 2.97. The first-order valence-electron chi connectivity index (χ1n) is 6.47. The van der Waals surface area contributed by atoms with E-state index in [1.54, 1.807) is 4.90 Å². The highest BCUT2D eigenvalue weighted by Gasteiger charge is 2.31. The van der Waals surface area contributed by atoms with Crippen molar-refractivity contribution in [3.05, 3.63) is 30.7 Å². The summed E-state index contributed by atoms with van der Waals surface area (Å²) in [6.45, 7) is 2.08. The maximum absolute atomic E-state index is 12.0. The van der Waals surface area contributed by atoms with Crippen molar-refractivity contribution in [3.8, 4) is 11.5 Å². The number of amides is 1. The summed E-state index contributed by atoms with van der Waals surface area (Å²) < 4.78 is 5.12. The van der Waals surface area contributed by atoms with Crippen LogP contribution < -0.4 is 4.90 Å². The van der Waals surface area contributed by atoms with E-state index in [1.807, 2.05) is 24.3 Å². The summed E-state index contributed by atoms with van der Waals surface area (Å²) in [4.78, 5) is 24.9. The quantitative estimate of drug-likeness (QED) is 0.864. The third-order valence-corrected chi connectivity index (χ3v) is 4.19. The predicted octanol–water partition coefficient (Wildman–Crippen LogP) is 2.12. The molecule has 0 N–H and O–H groups in total. The number of nitrogens with zero attached hydrogens (tertiary/aromatic N) is 3. The van der Waals surface area contributed by atoms with Gasteiger partial charge in [-0.1, -0.05) is 11.8 Å². The van der Waals surface area contributed by atoms with E-state index in [4.69, 9.17) is 4.42 Å². The summed E-state index contributed by atoms with van der Waals surface area (Å²) in [6, 6.07) is 7.36. The highest BCUT2D eigenvalue weighted by Crippen LogP contribution is 2.29. The second-order valence-corrected chi connectivity index (χ2v) is 6.21. The molecule has 3 rings (SSSR count). The maximum atomic E-state index is 12.0. The molecule has 0 radical (unpaired) electrons. The lowest BCUT2D eigenvalue weighted by molar-refractivity contribution is -0.117. The minimum atomic E-state index is 0.0330. The van der Waals surface area contributed by atoms with Gasteiger partial charge in [-0.2, -0.15) is 0 Å². The average molecular weight is 303 g/mol. The minimum Gasteiger partial charge on any atom is -0.423 e. The van der Waals surface area contributed by atoms with E-state index in [0.717, 1.165) is 11.3 Å². The van der Waals surface area contributed by atoms with Gasteiger partial charge in [-0.05, 0) is 24.3 Å². The average Bonchev–Trinajstić information content (AvgIpc) is 3.08. The molecule has 0 aliphatic carbocycles. The van der Waals surface area contributed by atoms with Crippen LogP contribution in [0.1, 0.15) is 13.3 Å². The Labute approximate surface area is 125 Å². The summed E-state index contributed by atoms with van der Waals surface area (Å²) >= 11 is 1.23. The molecular formula is C14H13N3O3S. The van der Waals surface area contributed by atoms with Gasteiger partial charge < -0.3 is 9.32 Å². The van der Waals surface area contributed by atoms with Crippen LogP contribution in [0.25, 0.3) is 11.5 Å². The van der Waals surface area contributed by atoms with E-state index in [1.165, 1.54) is 25.1 Å². The van der Waals surface area contributed by atoms with Crippen LogP contribution in [-0.4, -0.2) is 33.0 Å². The zero-order valence-corrected chi connectivity index (χ0v) is 12.2. The molecule has 6 nitrogen and oxygen atoms in total. The molecule has 1 atom stereocenters. The molecule has 1 aliphatic rings. The van der Waals surface area contributed by atoms with Crippen molar-refractivity contribution in [2.45, 2.75) is 18.6 Å². The van der Waals surface area contributed by atoms with Crippen molar-refractivity contribution >= 4 is 28.5 Å². The lowest BCUT2D eigenvalue weighted by Crippen LogP contribution is -2.24. The van der Waals surface area contributed by atoms with E-state index in [0.29, 0.717) is 18.9 Å². The fraction of sp³-hybridized carbons (Fsp3) is 0.286. The molecule has 1 fully saturated rings. The van der Waals surface area contributed by atoms with Crippen LogP contribution in [-0.2, 0) is 9.59 Å². The SMILES string of the molecule is CC(=O)SC1CC(=O)N(c2ccc(-c3nnco3)cc2)C1. The van der Waals surface area contributed by atoms with Crippen molar-refractivity contribution in [2.75, 3.05) is 11.4 Å². The van der Waals surface area contributed by atoms with Gasteiger partial charge in [0.2, 0.25) is 18.2 Å². The van der Waals surface area contributed by atoms with Gasteiger partial charge in [0.05, 0.1) is 0 Å². The Morgan fingerprint density at radius 1 is 1.38 bits per heavy atom. The molecule has 1 aromatic carbocycles. The van der Waals surface area contributed by atoms with E-state index in [9.17, 15) is 9.59 Å². The van der Waals surface area contributed by atoms with Crippen molar-refractivity contribution < 1.29 is 14.0 Å². The lowest BCUT2D eigenvalue weighted by Gasteiger charge is -2.16. The molecule has 7 heteroatoms. The van der Waals surface area contributed by atoms with E-state index >= 15 is 0 Å². The molecular weight excluding hydrogens is 290 g/mol. The molecule has 2 heterocycles. The fourth-order valence-electron chi connectivity index (χ4n) is 2.32. The van der Waals surface area contributed by atoms with E-state index in [-0.39, 0.29) is 16.3 Å². The first-order valence-corrected chi connectivity index (χ1v) is 7.35. The van der Waals surface area contributed by atoms with Crippen molar-refractivity contribution in [1.29, 1.82) is 0 Å². The van der Waals surface area contributed by atoms with Crippen molar-refractivity contribution in [1.82, 2.24) is 10.2 Å². The van der Waals surface area contributed by atoms with E-state index in [2.05, 4.69) is 10.2 Å². The molecule has 1 unspecified atom stereocenters. The molecule has 0 saturated carbocycles. The van der Waals surface area contributed by atoms with Crippen LogP contribution in [0.4, 0.5) is 5.69 Å². The molecule has 1 aromatic heterocycles. The van der Waals surface area contributed by atoms with Crippen LogP contribution >= 0.6 is 11.8 Å². The number of thioether (sulfide) groups is 1. The lowest BCUT2D eigenvalue weighted by atomic mass is 10.2. The summed E-state index contributed by atoms with van der Waals surface area (Å²) in [5.41, 5.74) is 1.62. The molecule has 108 valence electrons. The molecule has 21 heavy (non-hydrogen) atoms. The molecule has 0 spiro atoms. The minimum absolute atomic E-state index is 0.0330. The van der Waals surface area contributed by atoms with Gasteiger partial charge in [0.25, 0.3) is 0 Å². The molecule has 1 amide bonds. The van der Waals surface area contributed by atoms with Crippen molar-refractivity contribution in [3.63, 3.8) is 0 Å². The molecule has 1 aliphatic heterocycles. The second-order valence-electron chi connectivity index (χ2n) is 4.73. The summed E-state index contributed by atoms with van der Waals surface area (Å²) in [5.74, 6) is 0.485. The first-order chi connectivity index (χ1) is 10.1. The number of aromatic nitrogens is 2. The Morgan fingerprint density at radius 2 is 2.14 bits per heavy atom. The summed E-state index contributed by atoms with van der Waals surface area (Å²) in [7, 11) is 0. The van der Waals surface area contributed by atoms with Crippen LogP contribution in [0.2, 0.25) is 0 Å². The largest absolute Gasteiger partial charge is 0.423 e. The van der Waals surface area contributed by atoms with Crippen molar-refractivity contribution in [2.24, 2.45) is 0 Å². The zero-order valence-electron chi connectivity index (χ0n) is 11.4. The van der Waals surface area contributed by atoms with Gasteiger partial charge in [-0.3, -0.25) is 9.59 Å². The predicted molar refractivity (Wildman–Crippen MR) is 78.8 cm³/mol. The number of anilines is 1. The Bertz CT molecular complexity index is 655. The van der Waals surface area contributed by atoms with Gasteiger partial charge in [0.15, 0.2) is 5.12 Å². The highest BCUT2D eigenvalue weighted by molar-refractivity contribution is 8.14. The maximum Gasteiger partial charge on any atom is 0.247 e. The van der Waals surface area contributed by atoms with Gasteiger partial charge in [0.1, 0.15) is 0 Å². The Morgan fingerprint density at radius 3 is 2.76 bits per heavy atom. The fourth-order valence-corrected chi connectivity index (χ4v) is 3.24. The summed E-state index contributed by atoms with van der Waals surface area (Å²) in [6.07, 6.45) is 1.67. The number of rotatable bonds is 3. The number of benzene rings is 1. The first kappa shape index (κ1) is 13.8. The zero-order chi connectivity index (χ0) is 14.8. The van der Waals surface area contributed by atoms with Crippen LogP contribution in [0.3, 0.4) is 0 Å². The molecule has 0 bridgehead atoms. The van der Waals surface area contributed by atoms with Crippen LogP contribution in [0.15, 0.2) is 35.1 Å². The standard InChI is InChI=1S/C14H13N3O3S/c1-9(18)21-12-6-13(19)17(7-12)11-4-2-10(3-5-11)14-16-15-8-20-14/h2-5,8,12H,6-7H2,1H3. The number of carbonyl (C=O) groups is 2. The smallest absolute Gasteiger partial charge is 0.247 e. The van der Waals surface area contributed by atoms with E-state index < -0.39 is 0 Å². The summed E-state index contributed by atoms with van der Waals surface area (Å²) in [5, 5.41) is 7.54. The molecule has 2 aromatic rings. The Balaban J connectivity index is 1.75. The Hall–Kier alpha value is -2.15. The van der Waals surface area contributed by atoms with Gasteiger partial charge in [0, 0.05) is 36.4 Å². The number of hydrogen-bond acceptors (Lipinski definition) is 6. The highest BCUT2D eigenvalue weighted by atomic mass is 32.2. The topological polar surface area (TPSA) is 76.3 Å². The van der Waals surface area contributed by atoms with Gasteiger partial charge in [-0.15, -0.1) is 10.2 Å². The number of carbonyl (C=O) groups excluding carboxylic acids is 2. The monoisotopic (exact) mass is 303 g/mol. The normalized spacial score (nSPS) is 18.2. The van der Waals surface area contributed by atoms with Gasteiger partial charge >= 0.3 is 0 Å². The van der Waals surface area contributed by atoms with Gasteiger partial charge in [-0.25, -0.2) is 0 Å². The van der Waals surface area contributed by atoms with Crippen LogP contribution in [0.5, 0.6) is 0 Å². The third-order valence-electron chi connectivity index (χ3n) is 3.21. The van der Waals surface area contributed by atoms with Crippen LogP contribution in [0, 0.1) is 0 Å².